The summed E-state index contributed by atoms with van der Waals surface area (Å²) in [5, 5.41) is 17.6. The molecular formula is C17H34IN7O. The molecule has 150 valence electrons. The average molecular weight is 479 g/mol. The summed E-state index contributed by atoms with van der Waals surface area (Å²) in [6.07, 6.45) is 2.16. The van der Waals surface area contributed by atoms with E-state index in [0.717, 1.165) is 31.0 Å². The fourth-order valence-electron chi connectivity index (χ4n) is 2.08. The Kier molecular flexibility index (Phi) is 11.4. The summed E-state index contributed by atoms with van der Waals surface area (Å²) in [7, 11) is 1.93. The first-order valence-electron chi connectivity index (χ1n) is 8.97. The number of carbonyl (C=O) groups excluding carboxylic acids is 1. The van der Waals surface area contributed by atoms with Crippen molar-refractivity contribution < 1.29 is 4.79 Å². The van der Waals surface area contributed by atoms with Crippen LogP contribution in [-0.4, -0.2) is 46.3 Å². The molecule has 1 rings (SSSR count). The molecule has 1 aromatic rings. The summed E-state index contributed by atoms with van der Waals surface area (Å²) in [6, 6.07) is 0. The molecular weight excluding hydrogens is 445 g/mol. The Labute approximate surface area is 174 Å². The normalized spacial score (nSPS) is 11.7. The van der Waals surface area contributed by atoms with Crippen LogP contribution < -0.4 is 16.0 Å². The van der Waals surface area contributed by atoms with E-state index in [9.17, 15) is 4.79 Å². The molecule has 0 aromatic carbocycles. The second-order valence-corrected chi connectivity index (χ2v) is 6.76. The van der Waals surface area contributed by atoms with Crippen molar-refractivity contribution in [3.05, 3.63) is 11.6 Å². The molecule has 0 bridgehead atoms. The Hall–Kier alpha value is -1.39. The zero-order chi connectivity index (χ0) is 18.9. The molecule has 1 heterocycles. The van der Waals surface area contributed by atoms with Crippen LogP contribution >= 0.6 is 24.0 Å². The molecule has 3 N–H and O–H groups in total. The number of hydrogen-bond acceptors (Lipinski definition) is 4. The molecule has 26 heavy (non-hydrogen) atoms. The maximum absolute atomic E-state index is 12.1. The molecule has 0 saturated heterocycles. The maximum Gasteiger partial charge on any atom is 0.227 e. The minimum absolute atomic E-state index is 0. The third-order valence-electron chi connectivity index (χ3n) is 4.03. The molecule has 9 heteroatoms. The van der Waals surface area contributed by atoms with Crippen molar-refractivity contribution >= 4 is 35.8 Å². The number of nitrogens with one attached hydrogen (secondary N) is 3. The predicted molar refractivity (Wildman–Crippen MR) is 116 cm³/mol. The van der Waals surface area contributed by atoms with Crippen LogP contribution in [0, 0.1) is 12.3 Å². The number of carbonyl (C=O) groups is 1. The van der Waals surface area contributed by atoms with Crippen molar-refractivity contribution in [3.8, 4) is 0 Å². The number of guanidine groups is 1. The first-order chi connectivity index (χ1) is 11.8. The van der Waals surface area contributed by atoms with Crippen molar-refractivity contribution in [1.82, 2.24) is 30.7 Å². The fraction of sp³-hybridized carbons (Fsp3) is 0.765. The predicted octanol–water partition coefficient (Wildman–Crippen LogP) is 1.74. The first kappa shape index (κ1) is 24.6. The van der Waals surface area contributed by atoms with Crippen LogP contribution in [0.4, 0.5) is 0 Å². The molecule has 0 atom stereocenters. The van der Waals surface area contributed by atoms with Crippen molar-refractivity contribution in [3.63, 3.8) is 0 Å². The Morgan fingerprint density at radius 3 is 2.42 bits per heavy atom. The molecule has 0 spiro atoms. The van der Waals surface area contributed by atoms with Gasteiger partial charge in [0.05, 0.1) is 5.41 Å². The van der Waals surface area contributed by atoms with E-state index < -0.39 is 5.41 Å². The van der Waals surface area contributed by atoms with Gasteiger partial charge < -0.3 is 20.5 Å². The number of unbranched alkanes of at least 4 members (excludes halogenated alkanes) is 1. The van der Waals surface area contributed by atoms with Crippen molar-refractivity contribution in [2.24, 2.45) is 17.5 Å². The average Bonchev–Trinajstić information content (AvgIpc) is 2.89. The maximum atomic E-state index is 12.1. The lowest BCUT2D eigenvalue weighted by molar-refractivity contribution is -0.128. The summed E-state index contributed by atoms with van der Waals surface area (Å²) in [5.74, 6) is 2.37. The fourth-order valence-corrected chi connectivity index (χ4v) is 2.08. The lowest BCUT2D eigenvalue weighted by atomic mass is 9.92. The highest BCUT2D eigenvalue weighted by Gasteiger charge is 2.27. The van der Waals surface area contributed by atoms with Gasteiger partial charge >= 0.3 is 0 Å². The van der Waals surface area contributed by atoms with Crippen LogP contribution in [0.1, 0.15) is 52.2 Å². The van der Waals surface area contributed by atoms with E-state index in [1.807, 2.05) is 39.3 Å². The Morgan fingerprint density at radius 1 is 1.19 bits per heavy atom. The van der Waals surface area contributed by atoms with Crippen molar-refractivity contribution in [2.45, 2.75) is 54.0 Å². The smallest absolute Gasteiger partial charge is 0.227 e. The van der Waals surface area contributed by atoms with E-state index >= 15 is 0 Å². The molecule has 0 unspecified atom stereocenters. The molecule has 8 nitrogen and oxygen atoms in total. The van der Waals surface area contributed by atoms with Crippen LogP contribution in [0.2, 0.25) is 0 Å². The number of rotatable bonds is 9. The van der Waals surface area contributed by atoms with Crippen LogP contribution in [0.3, 0.4) is 0 Å². The Bertz CT molecular complexity index is 584. The van der Waals surface area contributed by atoms with Gasteiger partial charge in [0.25, 0.3) is 0 Å². The van der Waals surface area contributed by atoms with Gasteiger partial charge in [0.2, 0.25) is 5.91 Å². The van der Waals surface area contributed by atoms with Gasteiger partial charge in [0.15, 0.2) is 11.8 Å². The van der Waals surface area contributed by atoms with E-state index in [0.29, 0.717) is 25.6 Å². The van der Waals surface area contributed by atoms with Crippen molar-refractivity contribution in [2.75, 3.05) is 19.6 Å². The summed E-state index contributed by atoms with van der Waals surface area (Å²) in [6.45, 7) is 12.2. The monoisotopic (exact) mass is 479 g/mol. The molecule has 0 aliphatic rings. The number of nitrogens with zero attached hydrogens (tertiary/aromatic N) is 4. The van der Waals surface area contributed by atoms with Gasteiger partial charge in [-0.15, -0.1) is 34.2 Å². The molecule has 0 aliphatic carbocycles. The third kappa shape index (κ3) is 7.88. The van der Waals surface area contributed by atoms with E-state index in [1.54, 1.807) is 0 Å². The minimum atomic E-state index is -0.523. The van der Waals surface area contributed by atoms with Gasteiger partial charge in [-0.3, -0.25) is 4.79 Å². The highest BCUT2D eigenvalue weighted by Crippen LogP contribution is 2.13. The molecule has 0 aliphatic heterocycles. The summed E-state index contributed by atoms with van der Waals surface area (Å²) < 4.78 is 1.92. The topological polar surface area (TPSA) is 96.2 Å². The highest BCUT2D eigenvalue weighted by molar-refractivity contribution is 14.0. The SMILES string of the molecule is CCCCNC(=NCc1nnc(C)n1C)NCC(C)(C)C(=O)NCC.I. The van der Waals surface area contributed by atoms with E-state index in [2.05, 4.69) is 38.1 Å². The van der Waals surface area contributed by atoms with E-state index in [1.165, 1.54) is 0 Å². The highest BCUT2D eigenvalue weighted by atomic mass is 127. The number of aliphatic imine (C=N–C) groups is 1. The van der Waals surface area contributed by atoms with E-state index in [-0.39, 0.29) is 29.9 Å². The number of aryl methyl sites for hydroxylation is 1. The van der Waals surface area contributed by atoms with Gasteiger partial charge in [-0.1, -0.05) is 13.3 Å². The van der Waals surface area contributed by atoms with Crippen LogP contribution in [0.15, 0.2) is 4.99 Å². The second-order valence-electron chi connectivity index (χ2n) is 6.76. The van der Waals surface area contributed by atoms with Gasteiger partial charge in [-0.25, -0.2) is 4.99 Å². The van der Waals surface area contributed by atoms with Gasteiger partial charge in [0, 0.05) is 26.7 Å². The number of aromatic nitrogens is 3. The Morgan fingerprint density at radius 2 is 1.88 bits per heavy atom. The van der Waals surface area contributed by atoms with E-state index in [4.69, 9.17) is 0 Å². The minimum Gasteiger partial charge on any atom is -0.356 e. The molecule has 0 fully saturated rings. The molecule has 0 radical (unpaired) electrons. The molecule has 1 amide bonds. The molecule has 0 saturated carbocycles. The largest absolute Gasteiger partial charge is 0.356 e. The summed E-state index contributed by atoms with van der Waals surface area (Å²) in [4.78, 5) is 16.7. The zero-order valence-electron chi connectivity index (χ0n) is 16.8. The number of amides is 1. The van der Waals surface area contributed by atoms with Gasteiger partial charge in [-0.05, 0) is 34.1 Å². The van der Waals surface area contributed by atoms with Gasteiger partial charge in [-0.2, -0.15) is 0 Å². The van der Waals surface area contributed by atoms with Crippen LogP contribution in [0.5, 0.6) is 0 Å². The number of halogens is 1. The van der Waals surface area contributed by atoms with Crippen LogP contribution in [0.25, 0.3) is 0 Å². The van der Waals surface area contributed by atoms with Gasteiger partial charge in [0.1, 0.15) is 12.4 Å². The lowest BCUT2D eigenvalue weighted by Crippen LogP contribution is -2.48. The van der Waals surface area contributed by atoms with Crippen molar-refractivity contribution in [1.29, 1.82) is 0 Å². The summed E-state index contributed by atoms with van der Waals surface area (Å²) >= 11 is 0. The first-order valence-corrected chi connectivity index (χ1v) is 8.97. The lowest BCUT2D eigenvalue weighted by Gasteiger charge is -2.25. The quantitative estimate of drug-likeness (QED) is 0.217. The third-order valence-corrected chi connectivity index (χ3v) is 4.03. The number of hydrogen-bond donors (Lipinski definition) is 3. The Balaban J connectivity index is 0.00000625. The van der Waals surface area contributed by atoms with Crippen LogP contribution in [-0.2, 0) is 18.4 Å². The zero-order valence-corrected chi connectivity index (χ0v) is 19.2. The second kappa shape index (κ2) is 12.1. The summed E-state index contributed by atoms with van der Waals surface area (Å²) in [5.41, 5.74) is -0.523. The standard InChI is InChI=1S/C17H33N7O.HI/c1-7-9-10-19-16(20-11-14-23-22-13(3)24(14)6)21-12-17(4,5)15(25)18-8-2;/h7-12H2,1-6H3,(H,18,25)(H2,19,20,21);1H. The molecule has 1 aromatic heterocycles.